The second kappa shape index (κ2) is 6.91. The van der Waals surface area contributed by atoms with Gasteiger partial charge in [0.05, 0.1) is 6.10 Å². The van der Waals surface area contributed by atoms with Gasteiger partial charge in [0.25, 0.3) is 0 Å². The summed E-state index contributed by atoms with van der Waals surface area (Å²) in [4.78, 5) is 0. The summed E-state index contributed by atoms with van der Waals surface area (Å²) in [5.74, 6) is 1.75. The summed E-state index contributed by atoms with van der Waals surface area (Å²) in [6.07, 6.45) is 18.8. The van der Waals surface area contributed by atoms with Crippen molar-refractivity contribution in [3.05, 3.63) is 23.3 Å². The molecule has 2 unspecified atom stereocenters. The van der Waals surface area contributed by atoms with Crippen molar-refractivity contribution >= 4 is 0 Å². The molecule has 1 heteroatoms. The third-order valence-corrected chi connectivity index (χ3v) is 6.96. The van der Waals surface area contributed by atoms with Gasteiger partial charge in [-0.25, -0.2) is 0 Å². The Labute approximate surface area is 136 Å². The molecule has 0 aromatic rings. The van der Waals surface area contributed by atoms with Crippen LogP contribution in [0.15, 0.2) is 23.3 Å². The van der Waals surface area contributed by atoms with Crippen LogP contribution in [0.1, 0.15) is 84.5 Å². The van der Waals surface area contributed by atoms with Crippen LogP contribution in [-0.4, -0.2) is 11.2 Å². The Kier molecular flexibility index (Phi) is 5.12. The van der Waals surface area contributed by atoms with Crippen LogP contribution in [-0.2, 0) is 0 Å². The summed E-state index contributed by atoms with van der Waals surface area (Å²) in [5, 5.41) is 9.85. The fraction of sp³-hybridized carbons (Fsp3) is 0.810. The number of fused-ring (bicyclic) bond motifs is 1. The Morgan fingerprint density at radius 3 is 2.73 bits per heavy atom. The highest BCUT2D eigenvalue weighted by Gasteiger charge is 2.45. The molecule has 4 atom stereocenters. The van der Waals surface area contributed by atoms with Gasteiger partial charge in [0, 0.05) is 0 Å². The fourth-order valence-electron chi connectivity index (χ4n) is 5.66. The summed E-state index contributed by atoms with van der Waals surface area (Å²) in [6, 6.07) is 0. The molecule has 3 aliphatic carbocycles. The predicted octanol–water partition coefficient (Wildman–Crippen LogP) is 5.79. The smallest absolute Gasteiger partial charge is 0.0577 e. The lowest BCUT2D eigenvalue weighted by Gasteiger charge is -2.51. The van der Waals surface area contributed by atoms with Gasteiger partial charge in [-0.15, -0.1) is 0 Å². The van der Waals surface area contributed by atoms with Crippen LogP contribution in [0.25, 0.3) is 0 Å². The third-order valence-electron chi connectivity index (χ3n) is 6.96. The molecule has 0 aliphatic heterocycles. The number of aliphatic hydroxyl groups is 1. The lowest BCUT2D eigenvalue weighted by atomic mass is 9.53. The molecule has 0 amide bonds. The van der Waals surface area contributed by atoms with Crippen LogP contribution in [0.3, 0.4) is 0 Å². The van der Waals surface area contributed by atoms with Crippen molar-refractivity contribution in [1.29, 1.82) is 0 Å². The van der Waals surface area contributed by atoms with E-state index in [1.165, 1.54) is 56.9 Å². The first kappa shape index (κ1) is 16.3. The molecule has 0 heterocycles. The van der Waals surface area contributed by atoms with Crippen molar-refractivity contribution in [1.82, 2.24) is 0 Å². The molecule has 124 valence electrons. The minimum atomic E-state index is -0.0887. The van der Waals surface area contributed by atoms with Crippen LogP contribution in [0.2, 0.25) is 0 Å². The van der Waals surface area contributed by atoms with Gasteiger partial charge in [-0.2, -0.15) is 0 Å². The molecule has 0 saturated heterocycles. The average molecular weight is 303 g/mol. The molecular formula is C21H34O. The van der Waals surface area contributed by atoms with Gasteiger partial charge in [0.2, 0.25) is 0 Å². The van der Waals surface area contributed by atoms with E-state index < -0.39 is 0 Å². The number of hydrogen-bond donors (Lipinski definition) is 1. The molecule has 1 N–H and O–H groups in total. The lowest BCUT2D eigenvalue weighted by molar-refractivity contribution is 0.0300. The number of rotatable bonds is 2. The van der Waals surface area contributed by atoms with Crippen molar-refractivity contribution in [2.45, 2.75) is 90.6 Å². The highest BCUT2D eigenvalue weighted by molar-refractivity contribution is 5.25. The first-order valence-electron chi connectivity index (χ1n) is 9.70. The molecule has 22 heavy (non-hydrogen) atoms. The fourth-order valence-corrected chi connectivity index (χ4v) is 5.66. The zero-order valence-corrected chi connectivity index (χ0v) is 14.6. The van der Waals surface area contributed by atoms with Gasteiger partial charge >= 0.3 is 0 Å². The Hall–Kier alpha value is -0.560. The Morgan fingerprint density at radius 1 is 1.09 bits per heavy atom. The van der Waals surface area contributed by atoms with Gasteiger partial charge < -0.3 is 5.11 Å². The summed E-state index contributed by atoms with van der Waals surface area (Å²) in [6.45, 7) is 4.97. The monoisotopic (exact) mass is 302 g/mol. The lowest BCUT2D eigenvalue weighted by Crippen LogP contribution is -2.42. The molecule has 0 aromatic carbocycles. The predicted molar refractivity (Wildman–Crippen MR) is 93.7 cm³/mol. The quantitative estimate of drug-likeness (QED) is 0.684. The minimum absolute atomic E-state index is 0.0887. The molecule has 1 nitrogen and oxygen atoms in total. The number of allylic oxidation sites excluding steroid dienone is 3. The van der Waals surface area contributed by atoms with Crippen molar-refractivity contribution in [3.8, 4) is 0 Å². The number of aliphatic hydroxyl groups excluding tert-OH is 1. The summed E-state index contributed by atoms with van der Waals surface area (Å²) in [7, 11) is 0. The maximum Gasteiger partial charge on any atom is 0.0577 e. The van der Waals surface area contributed by atoms with Crippen LogP contribution < -0.4 is 0 Å². The van der Waals surface area contributed by atoms with Crippen LogP contribution >= 0.6 is 0 Å². The first-order chi connectivity index (χ1) is 10.6. The summed E-state index contributed by atoms with van der Waals surface area (Å²) < 4.78 is 0. The molecule has 0 spiro atoms. The van der Waals surface area contributed by atoms with E-state index in [1.54, 1.807) is 5.57 Å². The molecule has 3 fully saturated rings. The largest absolute Gasteiger partial charge is 0.393 e. The standard InChI is InChI=1S/C21H34O/c1-3-18-9-5-11-20-17(8-6-14-21(18,20)2)13-12-16-7-4-10-19(22)15-16/h12-13,18-20,22H,3-11,14-15H2,1-2H3/b16-12-,17-13+/t18-,19?,20?,21+/m0/s1. The summed E-state index contributed by atoms with van der Waals surface area (Å²) in [5.41, 5.74) is 3.75. The van der Waals surface area contributed by atoms with Crippen molar-refractivity contribution in [2.24, 2.45) is 17.3 Å². The minimum Gasteiger partial charge on any atom is -0.393 e. The van der Waals surface area contributed by atoms with Crippen LogP contribution in [0, 0.1) is 17.3 Å². The number of hydrogen-bond acceptors (Lipinski definition) is 1. The van der Waals surface area contributed by atoms with Crippen molar-refractivity contribution < 1.29 is 5.11 Å². The van der Waals surface area contributed by atoms with E-state index in [-0.39, 0.29) is 6.10 Å². The van der Waals surface area contributed by atoms with Crippen LogP contribution in [0.5, 0.6) is 0 Å². The van der Waals surface area contributed by atoms with Crippen molar-refractivity contribution in [3.63, 3.8) is 0 Å². The van der Waals surface area contributed by atoms with Gasteiger partial charge in [0.15, 0.2) is 0 Å². The van der Waals surface area contributed by atoms with Crippen LogP contribution in [0.4, 0.5) is 0 Å². The maximum atomic E-state index is 9.85. The van der Waals surface area contributed by atoms with E-state index in [0.29, 0.717) is 5.41 Å². The molecular weight excluding hydrogens is 268 g/mol. The second-order valence-corrected chi connectivity index (χ2v) is 8.26. The molecule has 0 radical (unpaired) electrons. The van der Waals surface area contributed by atoms with E-state index in [4.69, 9.17) is 0 Å². The van der Waals surface area contributed by atoms with Gasteiger partial charge in [-0.05, 0) is 75.0 Å². The first-order valence-corrected chi connectivity index (χ1v) is 9.70. The highest BCUT2D eigenvalue weighted by atomic mass is 16.3. The third kappa shape index (κ3) is 3.20. The molecule has 3 saturated carbocycles. The van der Waals surface area contributed by atoms with E-state index in [2.05, 4.69) is 26.0 Å². The molecule has 0 bridgehead atoms. The summed E-state index contributed by atoms with van der Waals surface area (Å²) >= 11 is 0. The van der Waals surface area contributed by atoms with Crippen molar-refractivity contribution in [2.75, 3.05) is 0 Å². The zero-order chi connectivity index (χ0) is 15.6. The van der Waals surface area contributed by atoms with Gasteiger partial charge in [0.1, 0.15) is 0 Å². The Morgan fingerprint density at radius 2 is 1.95 bits per heavy atom. The van der Waals surface area contributed by atoms with Gasteiger partial charge in [-0.1, -0.05) is 50.0 Å². The zero-order valence-electron chi connectivity index (χ0n) is 14.6. The topological polar surface area (TPSA) is 20.2 Å². The Balaban J connectivity index is 1.78. The molecule has 3 rings (SSSR count). The van der Waals surface area contributed by atoms with Gasteiger partial charge in [-0.3, -0.25) is 0 Å². The highest BCUT2D eigenvalue weighted by Crippen LogP contribution is 2.56. The molecule has 0 aromatic heterocycles. The molecule has 3 aliphatic rings. The van der Waals surface area contributed by atoms with E-state index in [9.17, 15) is 5.11 Å². The maximum absolute atomic E-state index is 9.85. The Bertz CT molecular complexity index is 447. The SMILES string of the molecule is CC[C@H]1CCCC2/C(=C/C=C3/CCCC(O)C3)CCC[C@@]21C. The second-order valence-electron chi connectivity index (χ2n) is 8.26. The average Bonchev–Trinajstić information content (AvgIpc) is 2.51. The van der Waals surface area contributed by atoms with E-state index in [0.717, 1.165) is 31.1 Å². The van der Waals surface area contributed by atoms with E-state index in [1.807, 2.05) is 0 Å². The normalized spacial score (nSPS) is 43.3. The van der Waals surface area contributed by atoms with E-state index >= 15 is 0 Å².